The van der Waals surface area contributed by atoms with Crippen LogP contribution in [-0.4, -0.2) is 63.9 Å². The van der Waals surface area contributed by atoms with E-state index in [1.807, 2.05) is 30.3 Å². The number of anilines is 1. The highest BCUT2D eigenvalue weighted by molar-refractivity contribution is 7.89. The van der Waals surface area contributed by atoms with Crippen LogP contribution in [0.4, 0.5) is 5.69 Å². The molecule has 0 N–H and O–H groups in total. The van der Waals surface area contributed by atoms with Crippen LogP contribution in [0.2, 0.25) is 0 Å². The Bertz CT molecular complexity index is 1090. The van der Waals surface area contributed by atoms with Crippen molar-refractivity contribution >= 4 is 21.6 Å². The summed E-state index contributed by atoms with van der Waals surface area (Å²) in [5, 5.41) is 0. The number of nitrogens with zero attached hydrogens (tertiary/aromatic N) is 3. The second-order valence-corrected chi connectivity index (χ2v) is 11.1. The highest BCUT2D eigenvalue weighted by atomic mass is 32.2. The fourth-order valence-corrected chi connectivity index (χ4v) is 6.55. The Labute approximate surface area is 203 Å². The van der Waals surface area contributed by atoms with Gasteiger partial charge < -0.3 is 14.5 Å². The van der Waals surface area contributed by atoms with E-state index in [1.54, 1.807) is 35.5 Å². The van der Waals surface area contributed by atoms with Crippen molar-refractivity contribution in [1.29, 1.82) is 0 Å². The van der Waals surface area contributed by atoms with Crippen molar-refractivity contribution in [1.82, 2.24) is 9.21 Å². The van der Waals surface area contributed by atoms with Gasteiger partial charge in [-0.15, -0.1) is 0 Å². The standard InChI is InChI=1S/C26H35N3O4S/c1-27(20-21-9-12-23(33-2)13-10-21)26(30)22-11-14-24(28-15-5-3-6-16-28)25(19-22)34(31,32)29-17-7-4-8-18-29/h9-14,19H,3-8,15-18,20H2,1-2H3. The lowest BCUT2D eigenvalue weighted by Crippen LogP contribution is -2.38. The van der Waals surface area contributed by atoms with Crippen molar-refractivity contribution in [3.8, 4) is 5.75 Å². The summed E-state index contributed by atoms with van der Waals surface area (Å²) in [4.78, 5) is 17.3. The molecular formula is C26H35N3O4S. The van der Waals surface area contributed by atoms with E-state index in [9.17, 15) is 13.2 Å². The fraction of sp³-hybridized carbons (Fsp3) is 0.500. The molecule has 1 amide bonds. The quantitative estimate of drug-likeness (QED) is 0.590. The first kappa shape index (κ1) is 24.5. The normalized spacial score (nSPS) is 17.4. The SMILES string of the molecule is COc1ccc(CN(C)C(=O)c2ccc(N3CCCCC3)c(S(=O)(=O)N3CCCCC3)c2)cc1. The minimum absolute atomic E-state index is 0.198. The molecule has 34 heavy (non-hydrogen) atoms. The van der Waals surface area contributed by atoms with Crippen LogP contribution >= 0.6 is 0 Å². The molecule has 2 fully saturated rings. The minimum atomic E-state index is -3.68. The van der Waals surface area contributed by atoms with E-state index in [0.717, 1.165) is 68.6 Å². The van der Waals surface area contributed by atoms with E-state index in [0.29, 0.717) is 25.2 Å². The third kappa shape index (κ3) is 5.39. The molecule has 2 aliphatic rings. The first-order chi connectivity index (χ1) is 16.4. The van der Waals surface area contributed by atoms with E-state index in [-0.39, 0.29) is 10.8 Å². The third-order valence-corrected chi connectivity index (χ3v) is 8.69. The number of hydrogen-bond donors (Lipinski definition) is 0. The Morgan fingerprint density at radius 1 is 0.912 bits per heavy atom. The van der Waals surface area contributed by atoms with Crippen molar-refractivity contribution in [2.24, 2.45) is 0 Å². The van der Waals surface area contributed by atoms with E-state index in [4.69, 9.17) is 4.74 Å². The lowest BCUT2D eigenvalue weighted by Gasteiger charge is -2.33. The van der Waals surface area contributed by atoms with Gasteiger partial charge in [0, 0.05) is 45.3 Å². The first-order valence-electron chi connectivity index (χ1n) is 12.2. The second kappa shape index (κ2) is 10.8. The number of piperidine rings is 2. The van der Waals surface area contributed by atoms with Gasteiger partial charge >= 0.3 is 0 Å². The average molecular weight is 486 g/mol. The number of rotatable bonds is 7. The minimum Gasteiger partial charge on any atom is -0.497 e. The predicted molar refractivity (Wildman–Crippen MR) is 134 cm³/mol. The maximum absolute atomic E-state index is 13.7. The van der Waals surface area contributed by atoms with Gasteiger partial charge in [0.2, 0.25) is 10.0 Å². The average Bonchev–Trinajstić information content (AvgIpc) is 2.89. The summed E-state index contributed by atoms with van der Waals surface area (Å²) in [7, 11) is -0.325. The van der Waals surface area contributed by atoms with Crippen LogP contribution in [0.25, 0.3) is 0 Å². The molecule has 8 heteroatoms. The Morgan fingerprint density at radius 3 is 2.15 bits per heavy atom. The van der Waals surface area contributed by atoms with E-state index in [1.165, 1.54) is 0 Å². The van der Waals surface area contributed by atoms with Crippen LogP contribution in [0.1, 0.15) is 54.4 Å². The van der Waals surface area contributed by atoms with Crippen LogP contribution in [-0.2, 0) is 16.6 Å². The molecular weight excluding hydrogens is 450 g/mol. The monoisotopic (exact) mass is 485 g/mol. The van der Waals surface area contributed by atoms with Crippen LogP contribution in [0.5, 0.6) is 5.75 Å². The van der Waals surface area contributed by atoms with Gasteiger partial charge in [0.1, 0.15) is 10.6 Å². The Morgan fingerprint density at radius 2 is 1.53 bits per heavy atom. The molecule has 0 aliphatic carbocycles. The molecule has 2 heterocycles. The van der Waals surface area contributed by atoms with Gasteiger partial charge in [0.15, 0.2) is 0 Å². The number of benzene rings is 2. The van der Waals surface area contributed by atoms with Gasteiger partial charge in [0.05, 0.1) is 12.8 Å². The Hall–Kier alpha value is -2.58. The molecule has 7 nitrogen and oxygen atoms in total. The Balaban J connectivity index is 1.63. The number of carbonyl (C=O) groups is 1. The van der Waals surface area contributed by atoms with Gasteiger partial charge in [-0.2, -0.15) is 4.31 Å². The van der Waals surface area contributed by atoms with Gasteiger partial charge in [-0.3, -0.25) is 4.79 Å². The largest absolute Gasteiger partial charge is 0.497 e. The lowest BCUT2D eigenvalue weighted by molar-refractivity contribution is 0.0785. The van der Waals surface area contributed by atoms with E-state index in [2.05, 4.69) is 4.90 Å². The third-order valence-electron chi connectivity index (χ3n) is 6.76. The first-order valence-corrected chi connectivity index (χ1v) is 13.6. The molecule has 184 valence electrons. The van der Waals surface area contributed by atoms with Crippen molar-refractivity contribution in [3.63, 3.8) is 0 Å². The zero-order valence-corrected chi connectivity index (χ0v) is 21.0. The number of hydrogen-bond acceptors (Lipinski definition) is 5. The molecule has 0 spiro atoms. The summed E-state index contributed by atoms with van der Waals surface area (Å²) in [6.07, 6.45) is 6.07. The molecule has 0 saturated carbocycles. The highest BCUT2D eigenvalue weighted by Gasteiger charge is 2.31. The Kier molecular flexibility index (Phi) is 7.78. The lowest BCUT2D eigenvalue weighted by atomic mass is 10.1. The van der Waals surface area contributed by atoms with Gasteiger partial charge in [-0.1, -0.05) is 18.6 Å². The van der Waals surface area contributed by atoms with Crippen molar-refractivity contribution in [2.45, 2.75) is 50.0 Å². The summed E-state index contributed by atoms with van der Waals surface area (Å²) < 4.78 is 34.2. The molecule has 0 aromatic heterocycles. The maximum atomic E-state index is 13.7. The summed E-state index contributed by atoms with van der Waals surface area (Å²) in [6, 6.07) is 12.8. The molecule has 0 bridgehead atoms. The molecule has 2 aromatic rings. The van der Waals surface area contributed by atoms with Crippen LogP contribution in [0.15, 0.2) is 47.4 Å². The number of amides is 1. The van der Waals surface area contributed by atoms with Crippen molar-refractivity contribution in [3.05, 3.63) is 53.6 Å². The van der Waals surface area contributed by atoms with E-state index < -0.39 is 10.0 Å². The molecule has 0 unspecified atom stereocenters. The zero-order valence-electron chi connectivity index (χ0n) is 20.2. The molecule has 2 aliphatic heterocycles. The second-order valence-electron chi connectivity index (χ2n) is 9.20. The number of ether oxygens (including phenoxy) is 1. The van der Waals surface area contributed by atoms with Crippen LogP contribution in [0, 0.1) is 0 Å². The topological polar surface area (TPSA) is 70.2 Å². The van der Waals surface area contributed by atoms with Crippen molar-refractivity contribution in [2.75, 3.05) is 45.2 Å². The molecule has 0 radical (unpaired) electrons. The van der Waals surface area contributed by atoms with Crippen molar-refractivity contribution < 1.29 is 17.9 Å². The van der Waals surface area contributed by atoms with Crippen LogP contribution in [0.3, 0.4) is 0 Å². The zero-order chi connectivity index (χ0) is 24.1. The molecule has 2 saturated heterocycles. The molecule has 0 atom stereocenters. The summed E-state index contributed by atoms with van der Waals surface area (Å²) in [5.41, 5.74) is 2.09. The molecule has 4 rings (SSSR count). The summed E-state index contributed by atoms with van der Waals surface area (Å²) in [5.74, 6) is 0.565. The summed E-state index contributed by atoms with van der Waals surface area (Å²) >= 11 is 0. The highest BCUT2D eigenvalue weighted by Crippen LogP contribution is 2.32. The predicted octanol–water partition coefficient (Wildman–Crippen LogP) is 4.13. The smallest absolute Gasteiger partial charge is 0.253 e. The number of sulfonamides is 1. The van der Waals surface area contributed by atoms with Gasteiger partial charge in [-0.05, 0) is 68.0 Å². The van der Waals surface area contributed by atoms with Gasteiger partial charge in [-0.25, -0.2) is 8.42 Å². The summed E-state index contributed by atoms with van der Waals surface area (Å²) in [6.45, 7) is 3.18. The van der Waals surface area contributed by atoms with E-state index >= 15 is 0 Å². The van der Waals surface area contributed by atoms with Gasteiger partial charge in [0.25, 0.3) is 5.91 Å². The van der Waals surface area contributed by atoms with Crippen LogP contribution < -0.4 is 9.64 Å². The fourth-order valence-electron chi connectivity index (χ4n) is 4.79. The number of carbonyl (C=O) groups excluding carboxylic acids is 1. The molecule has 2 aromatic carbocycles. The number of methoxy groups -OCH3 is 1. The maximum Gasteiger partial charge on any atom is 0.253 e.